The van der Waals surface area contributed by atoms with E-state index in [1.165, 1.54) is 4.90 Å². The maximum absolute atomic E-state index is 12.6. The SMILES string of the molecule is O=C1C[C@@H](Nc2cccc(Cl)c2Cl)C(=O)N1c1ccccc1Br. The van der Waals surface area contributed by atoms with Crippen molar-refractivity contribution in [1.29, 1.82) is 0 Å². The van der Waals surface area contributed by atoms with Crippen LogP contribution in [0.15, 0.2) is 46.9 Å². The van der Waals surface area contributed by atoms with Crippen LogP contribution in [0.25, 0.3) is 0 Å². The molecule has 0 spiro atoms. The van der Waals surface area contributed by atoms with Crippen LogP contribution in [0.4, 0.5) is 11.4 Å². The van der Waals surface area contributed by atoms with Crippen molar-refractivity contribution < 1.29 is 9.59 Å². The van der Waals surface area contributed by atoms with Gasteiger partial charge in [-0.15, -0.1) is 0 Å². The van der Waals surface area contributed by atoms with E-state index in [1.54, 1.807) is 36.4 Å². The number of hydrogen-bond acceptors (Lipinski definition) is 3. The number of nitrogens with zero attached hydrogens (tertiary/aromatic N) is 1. The Bertz CT molecular complexity index is 797. The number of rotatable bonds is 3. The van der Waals surface area contributed by atoms with Crippen LogP contribution in [0.5, 0.6) is 0 Å². The number of hydrogen-bond donors (Lipinski definition) is 1. The third kappa shape index (κ3) is 3.09. The highest BCUT2D eigenvalue weighted by molar-refractivity contribution is 9.10. The van der Waals surface area contributed by atoms with Gasteiger partial charge in [-0.25, -0.2) is 4.90 Å². The van der Waals surface area contributed by atoms with Gasteiger partial charge in [0.2, 0.25) is 5.91 Å². The minimum atomic E-state index is -0.675. The lowest BCUT2D eigenvalue weighted by Gasteiger charge is -2.18. The molecule has 23 heavy (non-hydrogen) atoms. The molecule has 0 radical (unpaired) electrons. The maximum Gasteiger partial charge on any atom is 0.256 e. The minimum absolute atomic E-state index is 0.0585. The molecule has 1 heterocycles. The van der Waals surface area contributed by atoms with Gasteiger partial charge in [0.1, 0.15) is 6.04 Å². The molecule has 7 heteroatoms. The molecule has 2 aromatic carbocycles. The minimum Gasteiger partial charge on any atom is -0.372 e. The van der Waals surface area contributed by atoms with Crippen molar-refractivity contribution in [2.75, 3.05) is 10.2 Å². The zero-order valence-electron chi connectivity index (χ0n) is 11.7. The van der Waals surface area contributed by atoms with Crippen molar-refractivity contribution in [2.24, 2.45) is 0 Å². The Labute approximate surface area is 151 Å². The molecule has 2 amide bonds. The Kier molecular flexibility index (Phi) is 4.62. The first-order valence-electron chi connectivity index (χ1n) is 6.81. The molecule has 118 valence electrons. The Balaban J connectivity index is 1.87. The lowest BCUT2D eigenvalue weighted by Crippen LogP contribution is -2.35. The van der Waals surface area contributed by atoms with Gasteiger partial charge in [-0.1, -0.05) is 41.4 Å². The second kappa shape index (κ2) is 6.51. The van der Waals surface area contributed by atoms with Crippen molar-refractivity contribution in [1.82, 2.24) is 0 Å². The molecule has 0 bridgehead atoms. The fourth-order valence-electron chi connectivity index (χ4n) is 2.43. The third-order valence-electron chi connectivity index (χ3n) is 3.52. The highest BCUT2D eigenvalue weighted by atomic mass is 79.9. The van der Waals surface area contributed by atoms with Crippen LogP contribution in [0.3, 0.4) is 0 Å². The van der Waals surface area contributed by atoms with Crippen LogP contribution in [0.2, 0.25) is 10.0 Å². The normalized spacial score (nSPS) is 17.7. The van der Waals surface area contributed by atoms with Gasteiger partial charge in [0.05, 0.1) is 27.8 Å². The number of halogens is 3. The summed E-state index contributed by atoms with van der Waals surface area (Å²) in [4.78, 5) is 26.1. The van der Waals surface area contributed by atoms with Gasteiger partial charge >= 0.3 is 0 Å². The maximum atomic E-state index is 12.6. The number of amides is 2. The number of para-hydroxylation sites is 1. The number of anilines is 2. The van der Waals surface area contributed by atoms with Gasteiger partial charge in [0.15, 0.2) is 0 Å². The lowest BCUT2D eigenvalue weighted by atomic mass is 10.2. The van der Waals surface area contributed by atoms with Crippen LogP contribution in [0, 0.1) is 0 Å². The van der Waals surface area contributed by atoms with E-state index in [4.69, 9.17) is 23.2 Å². The second-order valence-corrected chi connectivity index (χ2v) is 6.66. The first-order valence-corrected chi connectivity index (χ1v) is 8.36. The summed E-state index contributed by atoms with van der Waals surface area (Å²) in [5.41, 5.74) is 1.06. The molecule has 4 nitrogen and oxygen atoms in total. The van der Waals surface area contributed by atoms with E-state index in [0.29, 0.717) is 25.9 Å². The molecule has 2 aromatic rings. The standard InChI is InChI=1S/C16H11BrCl2N2O2/c17-9-4-1-2-7-13(9)21-14(22)8-12(16(21)23)20-11-6-3-5-10(18)15(11)19/h1-7,12,20H,8H2/t12-/m1/s1. The topological polar surface area (TPSA) is 49.4 Å². The van der Waals surface area contributed by atoms with E-state index in [2.05, 4.69) is 21.2 Å². The van der Waals surface area contributed by atoms with Gasteiger partial charge < -0.3 is 5.32 Å². The molecule has 1 atom stereocenters. The van der Waals surface area contributed by atoms with Gasteiger partial charge in [0, 0.05) is 4.47 Å². The Morgan fingerprint density at radius 1 is 1.09 bits per heavy atom. The molecule has 3 rings (SSSR count). The first kappa shape index (κ1) is 16.3. The van der Waals surface area contributed by atoms with E-state index in [0.717, 1.165) is 0 Å². The molecular weight excluding hydrogens is 403 g/mol. The summed E-state index contributed by atoms with van der Waals surface area (Å²) in [5, 5.41) is 3.72. The number of nitrogens with one attached hydrogen (secondary N) is 1. The highest BCUT2D eigenvalue weighted by Crippen LogP contribution is 2.34. The van der Waals surface area contributed by atoms with Crippen LogP contribution in [-0.2, 0) is 9.59 Å². The predicted molar refractivity (Wildman–Crippen MR) is 95.1 cm³/mol. The van der Waals surface area contributed by atoms with Gasteiger partial charge in [-0.05, 0) is 40.2 Å². The number of carbonyl (C=O) groups is 2. The fourth-order valence-corrected chi connectivity index (χ4v) is 3.25. The number of benzene rings is 2. The van der Waals surface area contributed by atoms with E-state index in [1.807, 2.05) is 6.07 Å². The summed E-state index contributed by atoms with van der Waals surface area (Å²) < 4.78 is 0.683. The lowest BCUT2D eigenvalue weighted by molar-refractivity contribution is -0.121. The number of carbonyl (C=O) groups excluding carboxylic acids is 2. The fraction of sp³-hybridized carbons (Fsp3) is 0.125. The molecule has 0 aliphatic carbocycles. The molecule has 0 saturated carbocycles. The zero-order valence-corrected chi connectivity index (χ0v) is 14.8. The van der Waals surface area contributed by atoms with E-state index >= 15 is 0 Å². The summed E-state index contributed by atoms with van der Waals surface area (Å²) in [7, 11) is 0. The molecule has 1 N–H and O–H groups in total. The van der Waals surface area contributed by atoms with Crippen molar-refractivity contribution in [2.45, 2.75) is 12.5 Å². The van der Waals surface area contributed by atoms with Crippen LogP contribution in [-0.4, -0.2) is 17.9 Å². The van der Waals surface area contributed by atoms with Crippen LogP contribution in [0.1, 0.15) is 6.42 Å². The van der Waals surface area contributed by atoms with Crippen LogP contribution < -0.4 is 10.2 Å². The molecule has 1 saturated heterocycles. The van der Waals surface area contributed by atoms with E-state index in [9.17, 15) is 9.59 Å². The van der Waals surface area contributed by atoms with Crippen molar-refractivity contribution >= 4 is 62.3 Å². The Hall–Kier alpha value is -1.56. The highest BCUT2D eigenvalue weighted by Gasteiger charge is 2.40. The van der Waals surface area contributed by atoms with Gasteiger partial charge in [-0.3, -0.25) is 9.59 Å². The Morgan fingerprint density at radius 2 is 1.83 bits per heavy atom. The van der Waals surface area contributed by atoms with E-state index < -0.39 is 6.04 Å². The van der Waals surface area contributed by atoms with Crippen LogP contribution >= 0.6 is 39.1 Å². The smallest absolute Gasteiger partial charge is 0.256 e. The summed E-state index contributed by atoms with van der Waals surface area (Å²) in [6, 6.07) is 11.5. The summed E-state index contributed by atoms with van der Waals surface area (Å²) in [6.07, 6.45) is 0.0585. The number of imide groups is 1. The molecule has 1 aliphatic rings. The molecule has 1 aliphatic heterocycles. The predicted octanol–water partition coefficient (Wildman–Crippen LogP) is 4.50. The summed E-state index contributed by atoms with van der Waals surface area (Å²) >= 11 is 15.5. The van der Waals surface area contributed by atoms with Crippen molar-refractivity contribution in [3.63, 3.8) is 0 Å². The molecule has 1 fully saturated rings. The summed E-state index contributed by atoms with van der Waals surface area (Å²) in [6.45, 7) is 0. The third-order valence-corrected chi connectivity index (χ3v) is 5.01. The van der Waals surface area contributed by atoms with E-state index in [-0.39, 0.29) is 18.2 Å². The quantitative estimate of drug-likeness (QED) is 0.753. The first-order chi connectivity index (χ1) is 11.0. The molecular formula is C16H11BrCl2N2O2. The molecule has 0 aromatic heterocycles. The Morgan fingerprint density at radius 3 is 2.57 bits per heavy atom. The van der Waals surface area contributed by atoms with Gasteiger partial charge in [0.25, 0.3) is 5.91 Å². The average Bonchev–Trinajstić information content (AvgIpc) is 2.79. The zero-order chi connectivity index (χ0) is 16.6. The van der Waals surface area contributed by atoms with Crippen molar-refractivity contribution in [3.8, 4) is 0 Å². The monoisotopic (exact) mass is 412 g/mol. The largest absolute Gasteiger partial charge is 0.372 e. The van der Waals surface area contributed by atoms with Crippen molar-refractivity contribution in [3.05, 3.63) is 57.0 Å². The molecule has 0 unspecified atom stereocenters. The summed E-state index contributed by atoms with van der Waals surface area (Å²) in [5.74, 6) is -0.588. The van der Waals surface area contributed by atoms with Gasteiger partial charge in [-0.2, -0.15) is 0 Å². The second-order valence-electron chi connectivity index (χ2n) is 5.02. The average molecular weight is 414 g/mol.